The fourth-order valence-electron chi connectivity index (χ4n) is 2.25. The molecule has 1 aromatic heterocycles. The quantitative estimate of drug-likeness (QED) is 0.639. The highest BCUT2D eigenvalue weighted by molar-refractivity contribution is 8.18. The lowest BCUT2D eigenvalue weighted by molar-refractivity contribution is -0.122. The van der Waals surface area contributed by atoms with Crippen molar-refractivity contribution >= 4 is 52.3 Å². The largest absolute Gasteiger partial charge is 0.450 e. The van der Waals surface area contributed by atoms with Gasteiger partial charge in [0.15, 0.2) is 10.3 Å². The third-order valence-electron chi connectivity index (χ3n) is 3.41. The number of likely N-dealkylation sites (N-methyl/N-ethyl adjacent to an activating group) is 1. The van der Waals surface area contributed by atoms with E-state index in [1.54, 1.807) is 11.0 Å². The maximum Gasteiger partial charge on any atom is 0.266 e. The number of carbonyl (C=O) groups excluding carboxylic acids is 1. The van der Waals surface area contributed by atoms with Gasteiger partial charge < -0.3 is 4.42 Å². The Hall–Kier alpha value is -1.63. The summed E-state index contributed by atoms with van der Waals surface area (Å²) in [6.45, 7) is 5.17. The zero-order chi connectivity index (χ0) is 17.8. The van der Waals surface area contributed by atoms with E-state index in [9.17, 15) is 4.79 Å². The number of carbonyl (C=O) groups is 1. The summed E-state index contributed by atoms with van der Waals surface area (Å²) in [5, 5.41) is 2.22. The lowest BCUT2D eigenvalue weighted by Crippen LogP contribution is -2.28. The predicted octanol–water partition coefficient (Wildman–Crippen LogP) is 5.40. The van der Waals surface area contributed by atoms with E-state index in [2.05, 4.69) is 4.99 Å². The summed E-state index contributed by atoms with van der Waals surface area (Å²) in [6, 6.07) is 11.3. The zero-order valence-corrected chi connectivity index (χ0v) is 16.2. The van der Waals surface area contributed by atoms with Crippen LogP contribution >= 0.6 is 35.1 Å². The monoisotopic (exact) mass is 392 g/mol. The summed E-state index contributed by atoms with van der Waals surface area (Å²) in [5.74, 6) is 0.629. The number of amidine groups is 1. The Kier molecular flexibility index (Phi) is 5.93. The maximum atomic E-state index is 12.5. The average Bonchev–Trinajstić information content (AvgIpc) is 3.15. The molecule has 2 heterocycles. The van der Waals surface area contributed by atoms with Crippen LogP contribution < -0.4 is 0 Å². The molecule has 0 aliphatic carbocycles. The van der Waals surface area contributed by atoms with E-state index >= 15 is 0 Å². The van der Waals surface area contributed by atoms with Crippen molar-refractivity contribution < 1.29 is 9.21 Å². The molecule has 0 bridgehead atoms. The highest BCUT2D eigenvalue weighted by Crippen LogP contribution is 2.34. The van der Waals surface area contributed by atoms with Crippen LogP contribution in [0.15, 0.2) is 60.7 Å². The van der Waals surface area contributed by atoms with Crippen molar-refractivity contribution in [2.75, 3.05) is 13.1 Å². The molecule has 1 fully saturated rings. The molecule has 25 heavy (non-hydrogen) atoms. The van der Waals surface area contributed by atoms with Crippen molar-refractivity contribution in [1.82, 2.24) is 4.90 Å². The van der Waals surface area contributed by atoms with E-state index in [0.29, 0.717) is 28.8 Å². The first-order chi connectivity index (χ1) is 12.1. The SMILES string of the molecule is CCN=C1S/C(=C/c2ccc(Sc3ccc(Cl)cc3)o2)C(=O)N1CC. The minimum Gasteiger partial charge on any atom is -0.450 e. The fraction of sp³-hybridized carbons (Fsp3) is 0.222. The Balaban J connectivity index is 1.76. The van der Waals surface area contributed by atoms with Crippen LogP contribution in [-0.4, -0.2) is 29.1 Å². The number of benzene rings is 1. The van der Waals surface area contributed by atoms with E-state index in [0.717, 1.165) is 15.2 Å². The van der Waals surface area contributed by atoms with Gasteiger partial charge in [-0.05, 0) is 62.0 Å². The van der Waals surface area contributed by atoms with Crippen LogP contribution in [0.3, 0.4) is 0 Å². The lowest BCUT2D eigenvalue weighted by Gasteiger charge is -2.11. The zero-order valence-electron chi connectivity index (χ0n) is 13.9. The van der Waals surface area contributed by atoms with Gasteiger partial charge in [-0.15, -0.1) is 0 Å². The highest BCUT2D eigenvalue weighted by Gasteiger charge is 2.32. The Morgan fingerprint density at radius 2 is 2.00 bits per heavy atom. The topological polar surface area (TPSA) is 45.8 Å². The summed E-state index contributed by atoms with van der Waals surface area (Å²) >= 11 is 8.80. The van der Waals surface area contributed by atoms with Crippen molar-refractivity contribution in [3.63, 3.8) is 0 Å². The molecule has 7 heteroatoms. The molecule has 130 valence electrons. The van der Waals surface area contributed by atoms with Gasteiger partial charge in [-0.25, -0.2) is 0 Å². The van der Waals surface area contributed by atoms with Gasteiger partial charge >= 0.3 is 0 Å². The molecule has 0 unspecified atom stereocenters. The van der Waals surface area contributed by atoms with E-state index < -0.39 is 0 Å². The van der Waals surface area contributed by atoms with Gasteiger partial charge in [0.2, 0.25) is 0 Å². The summed E-state index contributed by atoms with van der Waals surface area (Å²) in [5.41, 5.74) is 0. The highest BCUT2D eigenvalue weighted by atomic mass is 35.5. The third-order valence-corrected chi connectivity index (χ3v) is 5.63. The Morgan fingerprint density at radius 3 is 2.68 bits per heavy atom. The molecule has 1 aliphatic rings. The number of aliphatic imine (C=N–C) groups is 1. The number of hydrogen-bond acceptors (Lipinski definition) is 5. The van der Waals surface area contributed by atoms with Crippen LogP contribution in [0.4, 0.5) is 0 Å². The normalized spacial score (nSPS) is 17.9. The molecule has 0 saturated carbocycles. The minimum atomic E-state index is -0.0250. The van der Waals surface area contributed by atoms with Gasteiger partial charge in [-0.1, -0.05) is 23.4 Å². The first-order valence-corrected chi connectivity index (χ1v) is 9.91. The molecule has 1 aromatic carbocycles. The number of nitrogens with zero attached hydrogens (tertiary/aromatic N) is 2. The van der Waals surface area contributed by atoms with Gasteiger partial charge in [0.05, 0.1) is 4.91 Å². The Morgan fingerprint density at radius 1 is 1.24 bits per heavy atom. The molecule has 1 saturated heterocycles. The third kappa shape index (κ3) is 4.32. The van der Waals surface area contributed by atoms with Crippen molar-refractivity contribution in [1.29, 1.82) is 0 Å². The Labute approximate surface area is 160 Å². The summed E-state index contributed by atoms with van der Waals surface area (Å²) in [6.07, 6.45) is 1.78. The van der Waals surface area contributed by atoms with Crippen LogP contribution in [0.25, 0.3) is 6.08 Å². The van der Waals surface area contributed by atoms with E-state index in [-0.39, 0.29) is 5.91 Å². The molecular formula is C18H17ClN2O2S2. The predicted molar refractivity (Wildman–Crippen MR) is 105 cm³/mol. The van der Waals surface area contributed by atoms with Gasteiger partial charge in [0.1, 0.15) is 5.76 Å². The average molecular weight is 393 g/mol. The summed E-state index contributed by atoms with van der Waals surface area (Å²) < 4.78 is 5.82. The van der Waals surface area contributed by atoms with Crippen molar-refractivity contribution in [2.45, 2.75) is 23.8 Å². The number of furan rings is 1. The lowest BCUT2D eigenvalue weighted by atomic mass is 10.3. The van der Waals surface area contributed by atoms with Crippen LogP contribution in [0.2, 0.25) is 5.02 Å². The molecule has 1 amide bonds. The van der Waals surface area contributed by atoms with Crippen molar-refractivity contribution in [3.8, 4) is 0 Å². The smallest absolute Gasteiger partial charge is 0.266 e. The fourth-order valence-corrected chi connectivity index (χ4v) is 4.24. The molecule has 0 radical (unpaired) electrons. The van der Waals surface area contributed by atoms with Crippen molar-refractivity contribution in [2.24, 2.45) is 4.99 Å². The molecule has 0 spiro atoms. The second-order valence-electron chi connectivity index (χ2n) is 5.13. The molecule has 2 aromatic rings. The number of thioether (sulfide) groups is 1. The molecule has 0 N–H and O–H groups in total. The molecular weight excluding hydrogens is 376 g/mol. The molecule has 0 atom stereocenters. The number of amides is 1. The standard InChI is InChI=1S/C18H17ClN2O2S2/c1-3-20-18-21(4-2)17(22)15(25-18)11-13-7-10-16(23-13)24-14-8-5-12(19)6-9-14/h5-11H,3-4H2,1-2H3/b15-11+,20-18?. The maximum absolute atomic E-state index is 12.5. The van der Waals surface area contributed by atoms with Crippen LogP contribution in [0.1, 0.15) is 19.6 Å². The molecule has 3 rings (SSSR count). The summed E-state index contributed by atoms with van der Waals surface area (Å²) in [4.78, 5) is 20.2. The van der Waals surface area contributed by atoms with Gasteiger partial charge in [-0.3, -0.25) is 14.7 Å². The number of rotatable bonds is 5. The molecule has 4 nitrogen and oxygen atoms in total. The van der Waals surface area contributed by atoms with Gasteiger partial charge in [0, 0.05) is 29.1 Å². The second kappa shape index (κ2) is 8.17. The molecule has 1 aliphatic heterocycles. The van der Waals surface area contributed by atoms with Crippen molar-refractivity contribution in [3.05, 3.63) is 52.1 Å². The van der Waals surface area contributed by atoms with Crippen LogP contribution in [-0.2, 0) is 4.79 Å². The number of hydrogen-bond donors (Lipinski definition) is 0. The van der Waals surface area contributed by atoms with Crippen LogP contribution in [0, 0.1) is 0 Å². The van der Waals surface area contributed by atoms with E-state index in [4.69, 9.17) is 16.0 Å². The van der Waals surface area contributed by atoms with E-state index in [1.807, 2.05) is 50.2 Å². The summed E-state index contributed by atoms with van der Waals surface area (Å²) in [7, 11) is 0. The van der Waals surface area contributed by atoms with E-state index in [1.165, 1.54) is 23.5 Å². The van der Waals surface area contributed by atoms with Crippen LogP contribution in [0.5, 0.6) is 0 Å². The van der Waals surface area contributed by atoms with Gasteiger partial charge in [-0.2, -0.15) is 0 Å². The Bertz CT molecular complexity index is 828. The second-order valence-corrected chi connectivity index (χ2v) is 7.65. The first-order valence-electron chi connectivity index (χ1n) is 7.89. The first kappa shape index (κ1) is 18.2. The minimum absolute atomic E-state index is 0.0250. The van der Waals surface area contributed by atoms with Gasteiger partial charge in [0.25, 0.3) is 5.91 Å². The number of halogens is 1.